The second-order valence-corrected chi connectivity index (χ2v) is 9.09. The Morgan fingerprint density at radius 1 is 1.18 bits per heavy atom. The lowest BCUT2D eigenvalue weighted by Crippen LogP contribution is -2.31. The molecule has 7 nitrogen and oxygen atoms in total. The Bertz CT molecular complexity index is 923. The number of nitrogens with zero attached hydrogens (tertiary/aromatic N) is 3. The molecule has 154 valence electrons. The fourth-order valence-electron chi connectivity index (χ4n) is 2.80. The van der Waals surface area contributed by atoms with Crippen LogP contribution >= 0.6 is 11.3 Å². The molecule has 0 aliphatic carbocycles. The number of aromatic nitrogens is 2. The van der Waals surface area contributed by atoms with E-state index in [2.05, 4.69) is 15.5 Å². The van der Waals surface area contributed by atoms with Crippen LogP contribution in [-0.2, 0) is 10.0 Å². The molecule has 1 heterocycles. The fraction of sp³-hybridized carbons (Fsp3) is 0.500. The number of nitrogens with one attached hydrogen (secondary N) is 1. The summed E-state index contributed by atoms with van der Waals surface area (Å²) >= 11 is 1.24. The smallest absolute Gasteiger partial charge is 0.260 e. The maximum Gasteiger partial charge on any atom is 0.260 e. The van der Waals surface area contributed by atoms with Crippen molar-refractivity contribution < 1.29 is 17.6 Å². The van der Waals surface area contributed by atoms with E-state index in [0.717, 1.165) is 36.0 Å². The van der Waals surface area contributed by atoms with E-state index in [4.69, 9.17) is 0 Å². The summed E-state index contributed by atoms with van der Waals surface area (Å²) in [6, 6.07) is 3.21. The normalized spacial score (nSPS) is 12.0. The van der Waals surface area contributed by atoms with Crippen molar-refractivity contribution in [3.05, 3.63) is 34.6 Å². The maximum absolute atomic E-state index is 14.2. The third-order valence-electron chi connectivity index (χ3n) is 4.52. The summed E-state index contributed by atoms with van der Waals surface area (Å²) in [5, 5.41) is 11.6. The molecule has 1 aromatic heterocycles. The van der Waals surface area contributed by atoms with Gasteiger partial charge in [-0.3, -0.25) is 10.1 Å². The zero-order valence-electron chi connectivity index (χ0n) is 16.4. The second-order valence-electron chi connectivity index (χ2n) is 6.14. The molecular weight excluding hydrogens is 403 g/mol. The zero-order chi connectivity index (χ0) is 20.9. The lowest BCUT2D eigenvalue weighted by Gasteiger charge is -2.18. The minimum Gasteiger partial charge on any atom is -0.296 e. The molecule has 2 rings (SSSR count). The van der Waals surface area contributed by atoms with Crippen molar-refractivity contribution in [2.45, 2.75) is 51.3 Å². The molecular formula is C18H25FN4O3S2. The Morgan fingerprint density at radius 3 is 2.39 bits per heavy atom. The molecule has 0 bridgehead atoms. The van der Waals surface area contributed by atoms with E-state index in [9.17, 15) is 17.6 Å². The minimum absolute atomic E-state index is 0.127. The molecule has 28 heavy (non-hydrogen) atoms. The van der Waals surface area contributed by atoms with Crippen LogP contribution in [0.3, 0.4) is 0 Å². The van der Waals surface area contributed by atoms with Crippen molar-refractivity contribution in [3.8, 4) is 0 Å². The summed E-state index contributed by atoms with van der Waals surface area (Å²) < 4.78 is 40.7. The maximum atomic E-state index is 14.2. The van der Waals surface area contributed by atoms with Gasteiger partial charge in [0.15, 0.2) is 0 Å². The van der Waals surface area contributed by atoms with Gasteiger partial charge in [0.2, 0.25) is 15.2 Å². The van der Waals surface area contributed by atoms with Gasteiger partial charge in [0.1, 0.15) is 10.8 Å². The number of halogens is 1. The molecule has 1 amide bonds. The van der Waals surface area contributed by atoms with Gasteiger partial charge in [0.25, 0.3) is 5.91 Å². The zero-order valence-corrected chi connectivity index (χ0v) is 18.0. The van der Waals surface area contributed by atoms with Gasteiger partial charge in [0.05, 0.1) is 10.5 Å². The van der Waals surface area contributed by atoms with Gasteiger partial charge in [-0.2, -0.15) is 4.31 Å². The van der Waals surface area contributed by atoms with Crippen molar-refractivity contribution in [2.24, 2.45) is 0 Å². The van der Waals surface area contributed by atoms with Crippen LogP contribution in [0.1, 0.15) is 61.8 Å². The quantitative estimate of drug-likeness (QED) is 0.655. The molecule has 0 saturated heterocycles. The molecule has 0 spiro atoms. The minimum atomic E-state index is -3.80. The molecule has 10 heteroatoms. The van der Waals surface area contributed by atoms with E-state index < -0.39 is 21.7 Å². The summed E-state index contributed by atoms with van der Waals surface area (Å²) in [5.74, 6) is -1.32. The highest BCUT2D eigenvalue weighted by atomic mass is 32.2. The van der Waals surface area contributed by atoms with Crippen LogP contribution in [0, 0.1) is 5.82 Å². The van der Waals surface area contributed by atoms with Gasteiger partial charge in [-0.25, -0.2) is 12.8 Å². The molecule has 0 aliphatic rings. The van der Waals surface area contributed by atoms with Crippen LogP contribution in [0.15, 0.2) is 23.1 Å². The number of hydrogen-bond donors (Lipinski definition) is 1. The lowest BCUT2D eigenvalue weighted by atomic mass is 10.1. The third-order valence-corrected chi connectivity index (χ3v) is 7.57. The summed E-state index contributed by atoms with van der Waals surface area (Å²) in [6.07, 6.45) is 1.80. The standard InChI is InChI=1S/C18H25FN4O3S2/c1-5-12(6-2)17-21-22-18(27-17)20-16(24)14-11-13(9-10-15(14)19)28(25,26)23(7-3)8-4/h9-12H,5-8H2,1-4H3,(H,20,22,24). The van der Waals surface area contributed by atoms with Crippen molar-refractivity contribution in [3.63, 3.8) is 0 Å². The second kappa shape index (κ2) is 9.53. The Labute approximate surface area is 169 Å². The Morgan fingerprint density at radius 2 is 1.82 bits per heavy atom. The molecule has 1 N–H and O–H groups in total. The molecule has 0 atom stereocenters. The van der Waals surface area contributed by atoms with Crippen LogP contribution in [0.25, 0.3) is 0 Å². The average Bonchev–Trinajstić information content (AvgIpc) is 3.11. The Hall–Kier alpha value is -1.91. The monoisotopic (exact) mass is 428 g/mol. The largest absolute Gasteiger partial charge is 0.296 e. The fourth-order valence-corrected chi connectivity index (χ4v) is 5.29. The summed E-state index contributed by atoms with van der Waals surface area (Å²) in [6.45, 7) is 8.08. The topological polar surface area (TPSA) is 92.3 Å². The van der Waals surface area contributed by atoms with Crippen molar-refractivity contribution in [1.29, 1.82) is 0 Å². The van der Waals surface area contributed by atoms with E-state index in [1.54, 1.807) is 13.8 Å². The molecule has 2 aromatic rings. The van der Waals surface area contributed by atoms with E-state index in [0.29, 0.717) is 0 Å². The van der Waals surface area contributed by atoms with E-state index in [1.807, 2.05) is 13.8 Å². The van der Waals surface area contributed by atoms with Crippen molar-refractivity contribution in [2.75, 3.05) is 18.4 Å². The number of anilines is 1. The van der Waals surface area contributed by atoms with Crippen LogP contribution in [0.4, 0.5) is 9.52 Å². The number of carbonyl (C=O) groups is 1. The number of sulfonamides is 1. The van der Waals surface area contributed by atoms with Gasteiger partial charge < -0.3 is 0 Å². The number of amides is 1. The number of benzene rings is 1. The summed E-state index contributed by atoms with van der Waals surface area (Å²) in [7, 11) is -3.80. The first-order valence-electron chi connectivity index (χ1n) is 9.22. The predicted molar refractivity (Wildman–Crippen MR) is 108 cm³/mol. The first-order valence-corrected chi connectivity index (χ1v) is 11.5. The first kappa shape index (κ1) is 22.4. The van der Waals surface area contributed by atoms with E-state index >= 15 is 0 Å². The molecule has 0 radical (unpaired) electrons. The lowest BCUT2D eigenvalue weighted by molar-refractivity contribution is 0.102. The first-order chi connectivity index (χ1) is 13.3. The van der Waals surface area contributed by atoms with Gasteiger partial charge in [-0.1, -0.05) is 39.0 Å². The average molecular weight is 429 g/mol. The molecule has 0 fully saturated rings. The Kier molecular flexibility index (Phi) is 7.62. The van der Waals surface area contributed by atoms with Gasteiger partial charge in [-0.05, 0) is 31.0 Å². The van der Waals surface area contributed by atoms with Gasteiger partial charge in [0, 0.05) is 19.0 Å². The SMILES string of the molecule is CCC(CC)c1nnc(NC(=O)c2cc(S(=O)(=O)N(CC)CC)ccc2F)s1. The van der Waals surface area contributed by atoms with Crippen LogP contribution in [0.2, 0.25) is 0 Å². The highest BCUT2D eigenvalue weighted by molar-refractivity contribution is 7.89. The molecule has 0 saturated carbocycles. The van der Waals surface area contributed by atoms with Gasteiger partial charge in [-0.15, -0.1) is 10.2 Å². The highest BCUT2D eigenvalue weighted by Crippen LogP contribution is 2.28. The van der Waals surface area contributed by atoms with Crippen LogP contribution < -0.4 is 5.32 Å². The van der Waals surface area contributed by atoms with E-state index in [1.165, 1.54) is 15.6 Å². The molecule has 1 aromatic carbocycles. The van der Waals surface area contributed by atoms with Crippen LogP contribution in [-0.4, -0.2) is 41.9 Å². The van der Waals surface area contributed by atoms with E-state index in [-0.39, 0.29) is 34.6 Å². The van der Waals surface area contributed by atoms with Crippen molar-refractivity contribution >= 4 is 32.4 Å². The molecule has 0 unspecified atom stereocenters. The highest BCUT2D eigenvalue weighted by Gasteiger charge is 2.25. The van der Waals surface area contributed by atoms with Crippen molar-refractivity contribution in [1.82, 2.24) is 14.5 Å². The van der Waals surface area contributed by atoms with Crippen LogP contribution in [0.5, 0.6) is 0 Å². The third kappa shape index (κ3) is 4.73. The number of carbonyl (C=O) groups excluding carboxylic acids is 1. The Balaban J connectivity index is 2.29. The summed E-state index contributed by atoms with van der Waals surface area (Å²) in [4.78, 5) is 12.4. The predicted octanol–water partition coefficient (Wildman–Crippen LogP) is 3.86. The summed E-state index contributed by atoms with van der Waals surface area (Å²) in [5.41, 5.74) is -0.354. The number of hydrogen-bond acceptors (Lipinski definition) is 6. The number of rotatable bonds is 9. The molecule has 0 aliphatic heterocycles. The van der Waals surface area contributed by atoms with Gasteiger partial charge >= 0.3 is 0 Å².